The van der Waals surface area contributed by atoms with Gasteiger partial charge in [0.15, 0.2) is 0 Å². The first-order chi connectivity index (χ1) is 10.8. The van der Waals surface area contributed by atoms with E-state index in [-0.39, 0.29) is 11.6 Å². The summed E-state index contributed by atoms with van der Waals surface area (Å²) in [6.07, 6.45) is 8.99. The Balaban J connectivity index is 1.40. The zero-order chi connectivity index (χ0) is 14.8. The minimum atomic E-state index is -0.106. The lowest BCUT2D eigenvalue weighted by molar-refractivity contribution is 0.0228. The highest BCUT2D eigenvalue weighted by Gasteiger charge is 2.46. The van der Waals surface area contributed by atoms with Crippen molar-refractivity contribution in [3.63, 3.8) is 0 Å². The van der Waals surface area contributed by atoms with Crippen molar-refractivity contribution in [1.29, 1.82) is 0 Å². The van der Waals surface area contributed by atoms with Crippen LogP contribution >= 0.6 is 0 Å². The van der Waals surface area contributed by atoms with E-state index in [4.69, 9.17) is 4.74 Å². The summed E-state index contributed by atoms with van der Waals surface area (Å²) in [4.78, 5) is 19.3. The quantitative estimate of drug-likeness (QED) is 0.909. The van der Waals surface area contributed by atoms with Crippen molar-refractivity contribution in [2.75, 3.05) is 29.9 Å². The molecule has 0 saturated carbocycles. The lowest BCUT2D eigenvalue weighted by Crippen LogP contribution is -2.34. The molecule has 0 radical (unpaired) electrons. The number of rotatable bonds is 3. The average Bonchev–Trinajstić information content (AvgIpc) is 3.17. The van der Waals surface area contributed by atoms with Gasteiger partial charge in [-0.15, -0.1) is 0 Å². The van der Waals surface area contributed by atoms with Crippen LogP contribution in [0.25, 0.3) is 0 Å². The van der Waals surface area contributed by atoms with E-state index < -0.39 is 0 Å². The Morgan fingerprint density at radius 2 is 1.82 bits per heavy atom. The highest BCUT2D eigenvalue weighted by Crippen LogP contribution is 2.36. The summed E-state index contributed by atoms with van der Waals surface area (Å²) in [5, 5.41) is 3.35. The van der Waals surface area contributed by atoms with Gasteiger partial charge in [0.2, 0.25) is 11.9 Å². The molecule has 2 atom stereocenters. The summed E-state index contributed by atoms with van der Waals surface area (Å²) in [5.41, 5.74) is -0.106. The molecule has 1 spiro atoms. The Kier molecular flexibility index (Phi) is 3.34. The van der Waals surface area contributed by atoms with Gasteiger partial charge in [-0.1, -0.05) is 0 Å². The van der Waals surface area contributed by atoms with Crippen LogP contribution in [-0.2, 0) is 4.74 Å². The lowest BCUT2D eigenvalue weighted by Gasteiger charge is -2.23. The smallest absolute Gasteiger partial charge is 0.225 e. The third-order valence-electron chi connectivity index (χ3n) is 4.26. The Hall–Kier alpha value is -2.28. The number of anilines is 2. The molecule has 0 amide bonds. The van der Waals surface area contributed by atoms with E-state index >= 15 is 0 Å². The first-order valence-corrected chi connectivity index (χ1v) is 7.53. The van der Waals surface area contributed by atoms with Gasteiger partial charge in [0, 0.05) is 37.8 Å². The molecule has 2 aromatic rings. The van der Waals surface area contributed by atoms with Gasteiger partial charge in [-0.05, 0) is 18.6 Å². The van der Waals surface area contributed by atoms with E-state index in [0.717, 1.165) is 31.9 Å². The van der Waals surface area contributed by atoms with E-state index in [9.17, 15) is 0 Å². The SMILES string of the molecule is c1cnc(N[C@@H]2CO[C@]3(CCN(c4ncccn4)C3)C2)nc1. The molecule has 0 aromatic carbocycles. The molecule has 2 aliphatic heterocycles. The Morgan fingerprint density at radius 3 is 2.59 bits per heavy atom. The molecule has 7 nitrogen and oxygen atoms in total. The summed E-state index contributed by atoms with van der Waals surface area (Å²) in [6, 6.07) is 3.90. The van der Waals surface area contributed by atoms with Gasteiger partial charge in [-0.2, -0.15) is 0 Å². The standard InChI is InChI=1S/C15H18N6O/c1-4-16-13(17-5-1)20-12-9-15(22-10-12)3-8-21(11-15)14-18-6-2-7-19-14/h1-2,4-7,12H,3,8-11H2,(H,16,17,20)/t12-,15+/m0/s1. The van der Waals surface area contributed by atoms with Gasteiger partial charge >= 0.3 is 0 Å². The van der Waals surface area contributed by atoms with Gasteiger partial charge in [0.05, 0.1) is 24.8 Å². The maximum absolute atomic E-state index is 6.12. The molecule has 7 heteroatoms. The molecule has 4 rings (SSSR count). The van der Waals surface area contributed by atoms with Gasteiger partial charge in [-0.25, -0.2) is 19.9 Å². The number of hydrogen-bond donors (Lipinski definition) is 1. The number of ether oxygens (including phenoxy) is 1. The zero-order valence-electron chi connectivity index (χ0n) is 12.2. The average molecular weight is 298 g/mol. The second-order valence-corrected chi connectivity index (χ2v) is 5.83. The van der Waals surface area contributed by atoms with Crippen LogP contribution in [0.3, 0.4) is 0 Å². The van der Waals surface area contributed by atoms with Crippen molar-refractivity contribution < 1.29 is 4.74 Å². The fourth-order valence-electron chi connectivity index (χ4n) is 3.25. The lowest BCUT2D eigenvalue weighted by atomic mass is 9.97. The van der Waals surface area contributed by atoms with Gasteiger partial charge in [0.1, 0.15) is 0 Å². The molecule has 0 aliphatic carbocycles. The van der Waals surface area contributed by atoms with E-state index in [0.29, 0.717) is 12.6 Å². The number of nitrogens with zero attached hydrogens (tertiary/aromatic N) is 5. The van der Waals surface area contributed by atoms with Crippen molar-refractivity contribution >= 4 is 11.9 Å². The van der Waals surface area contributed by atoms with Crippen LogP contribution in [0.2, 0.25) is 0 Å². The predicted octanol–water partition coefficient (Wildman–Crippen LogP) is 1.12. The van der Waals surface area contributed by atoms with Crippen LogP contribution in [-0.4, -0.2) is 51.3 Å². The van der Waals surface area contributed by atoms with Crippen molar-refractivity contribution in [3.05, 3.63) is 36.9 Å². The largest absolute Gasteiger partial charge is 0.371 e. The third kappa shape index (κ3) is 2.59. The topological polar surface area (TPSA) is 76.1 Å². The molecule has 2 aromatic heterocycles. The minimum absolute atomic E-state index is 0.106. The fourth-order valence-corrected chi connectivity index (χ4v) is 3.25. The molecule has 2 saturated heterocycles. The Bertz CT molecular complexity index is 624. The van der Waals surface area contributed by atoms with Crippen LogP contribution < -0.4 is 10.2 Å². The molecule has 2 aliphatic rings. The van der Waals surface area contributed by atoms with Gasteiger partial charge < -0.3 is 15.0 Å². The van der Waals surface area contributed by atoms with Crippen LogP contribution in [0.5, 0.6) is 0 Å². The summed E-state index contributed by atoms with van der Waals surface area (Å²) < 4.78 is 6.12. The van der Waals surface area contributed by atoms with Crippen LogP contribution in [0.1, 0.15) is 12.8 Å². The maximum Gasteiger partial charge on any atom is 0.225 e. The first-order valence-electron chi connectivity index (χ1n) is 7.53. The molecule has 2 fully saturated rings. The minimum Gasteiger partial charge on any atom is -0.371 e. The highest BCUT2D eigenvalue weighted by atomic mass is 16.5. The van der Waals surface area contributed by atoms with E-state index in [1.54, 1.807) is 24.8 Å². The van der Waals surface area contributed by atoms with Crippen molar-refractivity contribution in [2.45, 2.75) is 24.5 Å². The molecule has 0 bridgehead atoms. The Labute approximate surface area is 128 Å². The summed E-state index contributed by atoms with van der Waals surface area (Å²) in [6.45, 7) is 2.45. The third-order valence-corrected chi connectivity index (χ3v) is 4.26. The monoisotopic (exact) mass is 298 g/mol. The van der Waals surface area contributed by atoms with E-state index in [2.05, 4.69) is 30.2 Å². The first kappa shape index (κ1) is 13.4. The van der Waals surface area contributed by atoms with Crippen LogP contribution in [0.15, 0.2) is 36.9 Å². The summed E-state index contributed by atoms with van der Waals surface area (Å²) in [7, 11) is 0. The Morgan fingerprint density at radius 1 is 1.09 bits per heavy atom. The number of aromatic nitrogens is 4. The number of nitrogens with one attached hydrogen (secondary N) is 1. The second-order valence-electron chi connectivity index (χ2n) is 5.83. The molecule has 114 valence electrons. The van der Waals surface area contributed by atoms with Crippen LogP contribution in [0.4, 0.5) is 11.9 Å². The summed E-state index contributed by atoms with van der Waals surface area (Å²) in [5.74, 6) is 1.44. The normalized spacial score (nSPS) is 27.5. The van der Waals surface area contributed by atoms with Crippen molar-refractivity contribution in [1.82, 2.24) is 19.9 Å². The maximum atomic E-state index is 6.12. The molecule has 0 unspecified atom stereocenters. The molecule has 22 heavy (non-hydrogen) atoms. The van der Waals surface area contributed by atoms with Crippen molar-refractivity contribution in [2.24, 2.45) is 0 Å². The highest BCUT2D eigenvalue weighted by molar-refractivity contribution is 5.34. The predicted molar refractivity (Wildman–Crippen MR) is 81.6 cm³/mol. The molecular weight excluding hydrogens is 280 g/mol. The van der Waals surface area contributed by atoms with E-state index in [1.165, 1.54) is 0 Å². The molecular formula is C15H18N6O. The second kappa shape index (κ2) is 5.49. The fraction of sp³-hybridized carbons (Fsp3) is 0.467. The zero-order valence-corrected chi connectivity index (χ0v) is 12.2. The van der Waals surface area contributed by atoms with Gasteiger partial charge in [0.25, 0.3) is 0 Å². The van der Waals surface area contributed by atoms with E-state index in [1.807, 2.05) is 12.1 Å². The molecule has 4 heterocycles. The summed E-state index contributed by atoms with van der Waals surface area (Å²) >= 11 is 0. The van der Waals surface area contributed by atoms with Crippen LogP contribution in [0, 0.1) is 0 Å². The number of hydrogen-bond acceptors (Lipinski definition) is 7. The van der Waals surface area contributed by atoms with Gasteiger partial charge in [-0.3, -0.25) is 0 Å². The molecule has 1 N–H and O–H groups in total. The van der Waals surface area contributed by atoms with Crippen molar-refractivity contribution in [3.8, 4) is 0 Å².